The van der Waals surface area contributed by atoms with Gasteiger partial charge >= 0.3 is 12.0 Å². The minimum Gasteiger partial charge on any atom is -0.478 e. The number of likely N-dealkylation sites (tertiary alicyclic amines) is 1. The minimum absolute atomic E-state index is 0.115. The average Bonchev–Trinajstić information content (AvgIpc) is 2.64. The van der Waals surface area contributed by atoms with E-state index in [0.717, 1.165) is 32.4 Å². The van der Waals surface area contributed by atoms with Gasteiger partial charge in [0.05, 0.1) is 11.3 Å². The Balaban J connectivity index is 2.06. The normalized spacial score (nSPS) is 19.2. The molecule has 0 aliphatic carbocycles. The zero-order valence-corrected chi connectivity index (χ0v) is 11.6. The van der Waals surface area contributed by atoms with Crippen LogP contribution in [0, 0.1) is 5.92 Å². The Morgan fingerprint density at radius 3 is 2.75 bits per heavy atom. The molecule has 1 saturated heterocycles. The van der Waals surface area contributed by atoms with Crippen LogP contribution < -0.4 is 5.32 Å². The predicted octanol–water partition coefficient (Wildman–Crippen LogP) is 3.04. The number of nitrogens with zero attached hydrogens (tertiary/aromatic N) is 1. The van der Waals surface area contributed by atoms with E-state index in [1.54, 1.807) is 23.1 Å². The van der Waals surface area contributed by atoms with Crippen LogP contribution in [0.4, 0.5) is 10.5 Å². The topological polar surface area (TPSA) is 69.6 Å². The van der Waals surface area contributed by atoms with E-state index in [9.17, 15) is 9.59 Å². The molecule has 5 heteroatoms. The zero-order valence-electron chi connectivity index (χ0n) is 11.6. The Bertz CT molecular complexity index is 502. The molecule has 1 atom stereocenters. The van der Waals surface area contributed by atoms with Crippen molar-refractivity contribution in [3.05, 3.63) is 29.8 Å². The molecule has 1 unspecified atom stereocenters. The molecule has 1 aromatic carbocycles. The summed E-state index contributed by atoms with van der Waals surface area (Å²) in [7, 11) is 0. The number of hydrogen-bond acceptors (Lipinski definition) is 2. The van der Waals surface area contributed by atoms with Gasteiger partial charge in [0.25, 0.3) is 0 Å². The molecule has 2 rings (SSSR count). The van der Waals surface area contributed by atoms with Gasteiger partial charge in [0, 0.05) is 13.1 Å². The molecule has 1 aromatic rings. The van der Waals surface area contributed by atoms with Gasteiger partial charge in [0.2, 0.25) is 0 Å². The van der Waals surface area contributed by atoms with E-state index in [0.29, 0.717) is 11.6 Å². The third-order valence-electron chi connectivity index (χ3n) is 3.70. The van der Waals surface area contributed by atoms with Crippen molar-refractivity contribution >= 4 is 17.7 Å². The largest absolute Gasteiger partial charge is 0.478 e. The molecule has 0 aromatic heterocycles. The van der Waals surface area contributed by atoms with Gasteiger partial charge in [0.15, 0.2) is 0 Å². The summed E-state index contributed by atoms with van der Waals surface area (Å²) >= 11 is 0. The lowest BCUT2D eigenvalue weighted by molar-refractivity contribution is 0.0698. The molecule has 20 heavy (non-hydrogen) atoms. The van der Waals surface area contributed by atoms with Gasteiger partial charge in [-0.1, -0.05) is 19.1 Å². The van der Waals surface area contributed by atoms with E-state index < -0.39 is 5.97 Å². The van der Waals surface area contributed by atoms with Gasteiger partial charge in [-0.25, -0.2) is 9.59 Å². The monoisotopic (exact) mass is 276 g/mol. The average molecular weight is 276 g/mol. The molecule has 0 saturated carbocycles. The second-order valence-corrected chi connectivity index (χ2v) is 5.30. The maximum atomic E-state index is 12.2. The Morgan fingerprint density at radius 1 is 1.25 bits per heavy atom. The fourth-order valence-electron chi connectivity index (χ4n) is 2.44. The summed E-state index contributed by atoms with van der Waals surface area (Å²) in [6, 6.07) is 6.25. The molecule has 1 aliphatic heterocycles. The summed E-state index contributed by atoms with van der Waals surface area (Å²) in [6.07, 6.45) is 3.12. The van der Waals surface area contributed by atoms with Gasteiger partial charge in [0.1, 0.15) is 0 Å². The SMILES string of the molecule is CC1CCCN(C(=O)Nc2ccccc2C(=O)O)CC1. The number of carboxylic acid groups (broad SMARTS) is 1. The molecule has 0 bridgehead atoms. The Hall–Kier alpha value is -2.04. The number of anilines is 1. The van der Waals surface area contributed by atoms with E-state index in [-0.39, 0.29) is 11.6 Å². The highest BCUT2D eigenvalue weighted by Gasteiger charge is 2.20. The third-order valence-corrected chi connectivity index (χ3v) is 3.70. The van der Waals surface area contributed by atoms with Crippen LogP contribution in [-0.2, 0) is 0 Å². The minimum atomic E-state index is -1.04. The number of hydrogen-bond donors (Lipinski definition) is 2. The number of carbonyl (C=O) groups is 2. The number of aromatic carboxylic acids is 1. The molecular weight excluding hydrogens is 256 g/mol. The number of rotatable bonds is 2. The fraction of sp³-hybridized carbons (Fsp3) is 0.467. The van der Waals surface area contributed by atoms with Crippen LogP contribution in [0.1, 0.15) is 36.5 Å². The van der Waals surface area contributed by atoms with Crippen LogP contribution in [0.25, 0.3) is 0 Å². The first-order chi connectivity index (χ1) is 9.58. The molecule has 1 heterocycles. The zero-order chi connectivity index (χ0) is 14.5. The fourth-order valence-corrected chi connectivity index (χ4v) is 2.44. The maximum absolute atomic E-state index is 12.2. The van der Waals surface area contributed by atoms with E-state index in [1.807, 2.05) is 0 Å². The Morgan fingerprint density at radius 2 is 2.00 bits per heavy atom. The van der Waals surface area contributed by atoms with Crippen LogP contribution in [0.3, 0.4) is 0 Å². The van der Waals surface area contributed by atoms with Crippen LogP contribution in [0.2, 0.25) is 0 Å². The van der Waals surface area contributed by atoms with Crippen molar-refractivity contribution in [2.24, 2.45) is 5.92 Å². The van der Waals surface area contributed by atoms with E-state index in [4.69, 9.17) is 5.11 Å². The quantitative estimate of drug-likeness (QED) is 0.872. The number of carbonyl (C=O) groups excluding carboxylic acids is 1. The molecule has 2 N–H and O–H groups in total. The van der Waals surface area contributed by atoms with Crippen molar-refractivity contribution in [1.29, 1.82) is 0 Å². The van der Waals surface area contributed by atoms with Crippen LogP contribution in [0.5, 0.6) is 0 Å². The Kier molecular flexibility index (Phi) is 4.61. The van der Waals surface area contributed by atoms with Crippen molar-refractivity contribution in [1.82, 2.24) is 4.90 Å². The van der Waals surface area contributed by atoms with Crippen molar-refractivity contribution < 1.29 is 14.7 Å². The second kappa shape index (κ2) is 6.41. The summed E-state index contributed by atoms with van der Waals surface area (Å²) < 4.78 is 0. The number of urea groups is 1. The number of amides is 2. The Labute approximate surface area is 118 Å². The third kappa shape index (κ3) is 3.50. The maximum Gasteiger partial charge on any atom is 0.337 e. The van der Waals surface area contributed by atoms with Gasteiger partial charge in [-0.05, 0) is 37.3 Å². The highest BCUT2D eigenvalue weighted by atomic mass is 16.4. The lowest BCUT2D eigenvalue weighted by atomic mass is 10.0. The van der Waals surface area contributed by atoms with Crippen molar-refractivity contribution in [2.45, 2.75) is 26.2 Å². The smallest absolute Gasteiger partial charge is 0.337 e. The second-order valence-electron chi connectivity index (χ2n) is 5.30. The summed E-state index contributed by atoms with van der Waals surface area (Å²) in [5.41, 5.74) is 0.464. The van der Waals surface area contributed by atoms with Crippen LogP contribution in [-0.4, -0.2) is 35.1 Å². The molecule has 1 aliphatic rings. The molecule has 0 radical (unpaired) electrons. The summed E-state index contributed by atoms with van der Waals surface area (Å²) in [4.78, 5) is 25.1. The summed E-state index contributed by atoms with van der Waals surface area (Å²) in [5.74, 6) is -0.399. The van der Waals surface area contributed by atoms with Crippen molar-refractivity contribution in [3.8, 4) is 0 Å². The van der Waals surface area contributed by atoms with Crippen molar-refractivity contribution in [3.63, 3.8) is 0 Å². The number of benzene rings is 1. The standard InChI is InChI=1S/C15H20N2O3/c1-11-5-4-9-17(10-8-11)15(20)16-13-7-3-2-6-12(13)14(18)19/h2-3,6-7,11H,4-5,8-10H2,1H3,(H,16,20)(H,18,19). The molecule has 2 amide bonds. The predicted molar refractivity (Wildman–Crippen MR) is 77.0 cm³/mol. The molecule has 1 fully saturated rings. The first-order valence-electron chi connectivity index (χ1n) is 6.96. The van der Waals surface area contributed by atoms with Gasteiger partial charge in [-0.3, -0.25) is 0 Å². The molecular formula is C15H20N2O3. The van der Waals surface area contributed by atoms with Gasteiger partial charge < -0.3 is 15.3 Å². The van der Waals surface area contributed by atoms with E-state index in [2.05, 4.69) is 12.2 Å². The summed E-state index contributed by atoms with van der Waals surface area (Å²) in [5, 5.41) is 11.8. The van der Waals surface area contributed by atoms with Gasteiger partial charge in [-0.15, -0.1) is 0 Å². The van der Waals surface area contributed by atoms with Crippen molar-refractivity contribution in [2.75, 3.05) is 18.4 Å². The van der Waals surface area contributed by atoms with Crippen LogP contribution in [0.15, 0.2) is 24.3 Å². The molecule has 0 spiro atoms. The highest BCUT2D eigenvalue weighted by molar-refractivity contribution is 5.99. The molecule has 108 valence electrons. The first kappa shape index (κ1) is 14.4. The lowest BCUT2D eigenvalue weighted by Crippen LogP contribution is -2.36. The highest BCUT2D eigenvalue weighted by Crippen LogP contribution is 2.19. The lowest BCUT2D eigenvalue weighted by Gasteiger charge is -2.21. The summed E-state index contributed by atoms with van der Waals surface area (Å²) in [6.45, 7) is 3.65. The van der Waals surface area contributed by atoms with Crippen LogP contribution >= 0.6 is 0 Å². The number of carboxylic acids is 1. The first-order valence-corrected chi connectivity index (χ1v) is 6.96. The number of nitrogens with one attached hydrogen (secondary N) is 1. The van der Waals surface area contributed by atoms with E-state index >= 15 is 0 Å². The number of para-hydroxylation sites is 1. The van der Waals surface area contributed by atoms with E-state index in [1.165, 1.54) is 6.07 Å². The van der Waals surface area contributed by atoms with Gasteiger partial charge in [-0.2, -0.15) is 0 Å². The molecule has 5 nitrogen and oxygen atoms in total.